The van der Waals surface area contributed by atoms with E-state index in [1.165, 1.54) is 17.6 Å². The predicted octanol–water partition coefficient (Wildman–Crippen LogP) is 3.31. The molecule has 0 atom stereocenters. The molecule has 0 aliphatic carbocycles. The first-order valence-corrected chi connectivity index (χ1v) is 12.7. The SMILES string of the molecule is Cc1cc(C(=O)N(CCN2CCOCC2)c2nc3c(S(C)(=O)=O)cccc3s2)c(C)o1.Cl. The topological polar surface area (TPSA) is 93.0 Å². The fourth-order valence-corrected chi connectivity index (χ4v) is 5.58. The highest BCUT2D eigenvalue weighted by molar-refractivity contribution is 7.91. The highest BCUT2D eigenvalue weighted by atomic mass is 35.5. The molecule has 0 N–H and O–H groups in total. The van der Waals surface area contributed by atoms with Gasteiger partial charge in [-0.15, -0.1) is 12.4 Å². The predicted molar refractivity (Wildman–Crippen MR) is 127 cm³/mol. The molecule has 2 aromatic heterocycles. The van der Waals surface area contributed by atoms with E-state index in [0.717, 1.165) is 17.8 Å². The molecule has 0 saturated carbocycles. The van der Waals surface area contributed by atoms with Gasteiger partial charge in [0, 0.05) is 32.4 Å². The molecule has 174 valence electrons. The number of benzene rings is 1. The maximum Gasteiger partial charge on any atom is 0.263 e. The zero-order valence-corrected chi connectivity index (χ0v) is 20.6. The summed E-state index contributed by atoms with van der Waals surface area (Å²) in [6, 6.07) is 6.80. The van der Waals surface area contributed by atoms with E-state index in [4.69, 9.17) is 9.15 Å². The third-order valence-electron chi connectivity index (χ3n) is 5.26. The van der Waals surface area contributed by atoms with Crippen molar-refractivity contribution in [3.63, 3.8) is 0 Å². The Labute approximate surface area is 197 Å². The zero-order valence-electron chi connectivity index (χ0n) is 18.2. The maximum absolute atomic E-state index is 13.5. The van der Waals surface area contributed by atoms with Crippen LogP contribution in [0.3, 0.4) is 0 Å². The van der Waals surface area contributed by atoms with Gasteiger partial charge in [0.1, 0.15) is 17.0 Å². The standard InChI is InChI=1S/C21H25N3O5S2.ClH/c1-14-13-16(15(2)29-14)20(25)24(8-7-23-9-11-28-12-10-23)21-22-19-17(30-21)5-4-6-18(19)31(3,26)27;/h4-6,13H,7-12H2,1-3H3;1H. The molecule has 4 rings (SSSR count). The number of carbonyl (C=O) groups excluding carboxylic acids is 1. The summed E-state index contributed by atoms with van der Waals surface area (Å²) in [4.78, 5) is 22.1. The molecular weight excluding hydrogens is 474 g/mol. The van der Waals surface area contributed by atoms with E-state index in [9.17, 15) is 13.2 Å². The number of nitrogens with zero attached hydrogens (tertiary/aromatic N) is 3. The minimum absolute atomic E-state index is 0. The number of thiazole rings is 1. The smallest absolute Gasteiger partial charge is 0.263 e. The summed E-state index contributed by atoms with van der Waals surface area (Å²) in [7, 11) is -3.44. The van der Waals surface area contributed by atoms with Crippen molar-refractivity contribution in [1.29, 1.82) is 0 Å². The summed E-state index contributed by atoms with van der Waals surface area (Å²) < 4.78 is 36.1. The lowest BCUT2D eigenvalue weighted by Crippen LogP contribution is -2.43. The van der Waals surface area contributed by atoms with Crippen LogP contribution in [-0.2, 0) is 14.6 Å². The Hall–Kier alpha value is -1.98. The van der Waals surface area contributed by atoms with Crippen molar-refractivity contribution in [2.75, 3.05) is 50.5 Å². The highest BCUT2D eigenvalue weighted by Gasteiger charge is 2.26. The Morgan fingerprint density at radius 3 is 2.59 bits per heavy atom. The number of morpholine rings is 1. The van der Waals surface area contributed by atoms with Crippen LogP contribution in [0.1, 0.15) is 21.9 Å². The lowest BCUT2D eigenvalue weighted by Gasteiger charge is -2.29. The number of para-hydroxylation sites is 1. The number of hydrogen-bond acceptors (Lipinski definition) is 8. The van der Waals surface area contributed by atoms with Crippen LogP contribution in [0.25, 0.3) is 10.2 Å². The van der Waals surface area contributed by atoms with Crippen LogP contribution in [0.5, 0.6) is 0 Å². The van der Waals surface area contributed by atoms with Gasteiger partial charge in [0.15, 0.2) is 15.0 Å². The number of fused-ring (bicyclic) bond motifs is 1. The Bertz CT molecular complexity index is 1220. The minimum atomic E-state index is -3.44. The maximum atomic E-state index is 13.5. The number of furan rings is 1. The summed E-state index contributed by atoms with van der Waals surface area (Å²) >= 11 is 1.31. The van der Waals surface area contributed by atoms with Crippen LogP contribution in [-0.4, -0.2) is 69.9 Å². The van der Waals surface area contributed by atoms with E-state index in [1.54, 1.807) is 36.9 Å². The summed E-state index contributed by atoms with van der Waals surface area (Å²) in [5.41, 5.74) is 0.885. The second kappa shape index (κ2) is 9.88. The second-order valence-corrected chi connectivity index (χ2v) is 10.6. The number of amides is 1. The molecule has 0 unspecified atom stereocenters. The fraction of sp³-hybridized carbons (Fsp3) is 0.429. The Balaban J connectivity index is 0.00000289. The molecule has 0 radical (unpaired) electrons. The average molecular weight is 500 g/mol. The molecule has 1 aromatic carbocycles. The number of sulfone groups is 1. The van der Waals surface area contributed by atoms with Crippen molar-refractivity contribution in [3.8, 4) is 0 Å². The van der Waals surface area contributed by atoms with Gasteiger partial charge >= 0.3 is 0 Å². The molecule has 1 aliphatic rings. The van der Waals surface area contributed by atoms with Gasteiger partial charge in [0.25, 0.3) is 5.91 Å². The van der Waals surface area contributed by atoms with Crippen molar-refractivity contribution in [3.05, 3.63) is 41.3 Å². The summed E-state index contributed by atoms with van der Waals surface area (Å²) in [6.45, 7) is 7.63. The normalized spacial score (nSPS) is 15.0. The number of rotatable bonds is 6. The summed E-state index contributed by atoms with van der Waals surface area (Å²) in [6.07, 6.45) is 1.17. The van der Waals surface area contributed by atoms with E-state index in [-0.39, 0.29) is 23.2 Å². The van der Waals surface area contributed by atoms with E-state index in [1.807, 2.05) is 6.07 Å². The van der Waals surface area contributed by atoms with E-state index < -0.39 is 9.84 Å². The molecule has 1 fully saturated rings. The van der Waals surface area contributed by atoms with E-state index in [0.29, 0.717) is 54.0 Å². The third-order valence-corrected chi connectivity index (χ3v) is 7.43. The monoisotopic (exact) mass is 499 g/mol. The fourth-order valence-electron chi connectivity index (χ4n) is 3.67. The largest absolute Gasteiger partial charge is 0.466 e. The lowest BCUT2D eigenvalue weighted by molar-refractivity contribution is 0.0391. The number of aryl methyl sites for hydroxylation is 2. The van der Waals surface area contributed by atoms with Gasteiger partial charge in [-0.1, -0.05) is 17.4 Å². The van der Waals surface area contributed by atoms with Crippen LogP contribution in [0.2, 0.25) is 0 Å². The van der Waals surface area contributed by atoms with Crippen molar-refractivity contribution >= 4 is 54.8 Å². The molecule has 3 aromatic rings. The molecule has 0 bridgehead atoms. The first-order valence-electron chi connectivity index (χ1n) is 10.0. The van der Waals surface area contributed by atoms with Gasteiger partial charge in [-0.05, 0) is 32.0 Å². The molecule has 3 heterocycles. The molecule has 1 aliphatic heterocycles. The Morgan fingerprint density at radius 2 is 1.97 bits per heavy atom. The van der Waals surface area contributed by atoms with E-state index in [2.05, 4.69) is 9.88 Å². The van der Waals surface area contributed by atoms with Crippen molar-refractivity contribution in [2.45, 2.75) is 18.7 Å². The molecule has 0 spiro atoms. The van der Waals surface area contributed by atoms with Crippen molar-refractivity contribution < 1.29 is 22.4 Å². The lowest BCUT2D eigenvalue weighted by atomic mass is 10.2. The van der Waals surface area contributed by atoms with Crippen LogP contribution >= 0.6 is 23.7 Å². The van der Waals surface area contributed by atoms with Crippen LogP contribution in [0.15, 0.2) is 33.6 Å². The van der Waals surface area contributed by atoms with Gasteiger partial charge in [0.2, 0.25) is 0 Å². The van der Waals surface area contributed by atoms with Crippen LogP contribution in [0, 0.1) is 13.8 Å². The second-order valence-electron chi connectivity index (χ2n) is 7.61. The number of halogens is 1. The number of hydrogen-bond donors (Lipinski definition) is 0. The van der Waals surface area contributed by atoms with Gasteiger partial charge in [0.05, 0.1) is 28.4 Å². The quantitative estimate of drug-likeness (QED) is 0.513. The van der Waals surface area contributed by atoms with Gasteiger partial charge in [-0.2, -0.15) is 0 Å². The molecule has 32 heavy (non-hydrogen) atoms. The molecule has 11 heteroatoms. The number of carbonyl (C=O) groups is 1. The Kier molecular flexibility index (Phi) is 7.61. The van der Waals surface area contributed by atoms with Crippen molar-refractivity contribution in [2.24, 2.45) is 0 Å². The minimum Gasteiger partial charge on any atom is -0.466 e. The van der Waals surface area contributed by atoms with E-state index >= 15 is 0 Å². The summed E-state index contributed by atoms with van der Waals surface area (Å²) in [5.74, 6) is 1.01. The van der Waals surface area contributed by atoms with Gasteiger partial charge in [-0.25, -0.2) is 13.4 Å². The van der Waals surface area contributed by atoms with Crippen LogP contribution in [0.4, 0.5) is 5.13 Å². The van der Waals surface area contributed by atoms with Crippen LogP contribution < -0.4 is 4.90 Å². The average Bonchev–Trinajstić information content (AvgIpc) is 3.30. The number of anilines is 1. The first-order chi connectivity index (χ1) is 14.7. The molecule has 1 saturated heterocycles. The van der Waals surface area contributed by atoms with Gasteiger partial charge < -0.3 is 9.15 Å². The summed E-state index contributed by atoms with van der Waals surface area (Å²) in [5, 5.41) is 0.475. The zero-order chi connectivity index (χ0) is 22.2. The highest BCUT2D eigenvalue weighted by Crippen LogP contribution is 2.33. The van der Waals surface area contributed by atoms with Crippen molar-refractivity contribution in [1.82, 2.24) is 9.88 Å². The first kappa shape index (κ1) is 24.7. The molecular formula is C21H26ClN3O5S2. The molecule has 8 nitrogen and oxygen atoms in total. The third kappa shape index (κ3) is 5.15. The van der Waals surface area contributed by atoms with Gasteiger partial charge in [-0.3, -0.25) is 14.6 Å². The number of aromatic nitrogens is 1. The Morgan fingerprint density at radius 1 is 1.25 bits per heavy atom. The number of ether oxygens (including phenoxy) is 1. The molecule has 1 amide bonds.